The van der Waals surface area contributed by atoms with Gasteiger partial charge in [-0.25, -0.2) is 24.3 Å². The van der Waals surface area contributed by atoms with E-state index < -0.39 is 5.82 Å². The molecule has 0 fully saturated rings. The van der Waals surface area contributed by atoms with Crippen LogP contribution in [-0.4, -0.2) is 50.0 Å². The van der Waals surface area contributed by atoms with Gasteiger partial charge in [0.25, 0.3) is 0 Å². The summed E-state index contributed by atoms with van der Waals surface area (Å²) in [6, 6.07) is 9.20. The molecule has 0 radical (unpaired) electrons. The van der Waals surface area contributed by atoms with Crippen molar-refractivity contribution in [2.75, 3.05) is 18.4 Å². The van der Waals surface area contributed by atoms with E-state index in [2.05, 4.69) is 35.5 Å². The molecular formula is C23H17ClFN7OS. The number of fused-ring (bicyclic) bond motifs is 2. The number of hydrogen-bond acceptors (Lipinski definition) is 9. The predicted molar refractivity (Wildman–Crippen MR) is 131 cm³/mol. The fourth-order valence-corrected chi connectivity index (χ4v) is 5.22. The number of aromatic hydroxyl groups is 1. The first-order chi connectivity index (χ1) is 16.6. The molecule has 4 aromatic rings. The van der Waals surface area contributed by atoms with E-state index in [1.165, 1.54) is 23.7 Å². The minimum absolute atomic E-state index is 0.0228. The quantitative estimate of drug-likeness (QED) is 0.341. The van der Waals surface area contributed by atoms with Crippen molar-refractivity contribution < 1.29 is 9.50 Å². The van der Waals surface area contributed by atoms with Gasteiger partial charge in [-0.1, -0.05) is 29.8 Å². The molecule has 1 aromatic carbocycles. The van der Waals surface area contributed by atoms with Crippen LogP contribution in [0.3, 0.4) is 0 Å². The number of hydrogen-bond donors (Lipinski definition) is 3. The fourth-order valence-electron chi connectivity index (χ4n) is 3.89. The number of pyridine rings is 1. The van der Waals surface area contributed by atoms with Crippen LogP contribution >= 0.6 is 22.9 Å². The van der Waals surface area contributed by atoms with Crippen molar-refractivity contribution in [3.05, 3.63) is 66.1 Å². The van der Waals surface area contributed by atoms with Crippen molar-refractivity contribution in [3.8, 4) is 27.4 Å². The van der Waals surface area contributed by atoms with Gasteiger partial charge in [0.2, 0.25) is 5.95 Å². The Morgan fingerprint density at radius 2 is 2.12 bits per heavy atom. The Labute approximate surface area is 202 Å². The van der Waals surface area contributed by atoms with Gasteiger partial charge in [0, 0.05) is 41.3 Å². The van der Waals surface area contributed by atoms with Crippen LogP contribution in [0.15, 0.2) is 60.1 Å². The molecule has 0 saturated heterocycles. The molecule has 3 N–H and O–H groups in total. The molecule has 2 aliphatic rings. The third-order valence-corrected chi connectivity index (χ3v) is 6.96. The monoisotopic (exact) mass is 493 g/mol. The van der Waals surface area contributed by atoms with Crippen LogP contribution in [0.25, 0.3) is 31.8 Å². The zero-order chi connectivity index (χ0) is 23.2. The third-order valence-electron chi connectivity index (χ3n) is 5.56. The van der Waals surface area contributed by atoms with Gasteiger partial charge in [0.05, 0.1) is 17.3 Å². The second kappa shape index (κ2) is 8.23. The average molecular weight is 494 g/mol. The first kappa shape index (κ1) is 20.8. The fraction of sp³-hybridized carbons (Fsp3) is 0.130. The second-order valence-electron chi connectivity index (χ2n) is 7.76. The van der Waals surface area contributed by atoms with Crippen LogP contribution in [0.1, 0.15) is 0 Å². The number of benzene rings is 1. The second-order valence-corrected chi connectivity index (χ2v) is 9.20. The number of amidine groups is 1. The minimum Gasteiger partial charge on any atom is -0.506 e. The molecule has 6 rings (SSSR count). The summed E-state index contributed by atoms with van der Waals surface area (Å²) in [7, 11) is 0. The highest BCUT2D eigenvalue weighted by Gasteiger charge is 2.33. The summed E-state index contributed by atoms with van der Waals surface area (Å²) < 4.78 is 15.6. The Morgan fingerprint density at radius 3 is 3.03 bits per heavy atom. The van der Waals surface area contributed by atoms with E-state index in [0.29, 0.717) is 29.5 Å². The molecule has 5 heterocycles. The maximum Gasteiger partial charge on any atom is 0.223 e. The summed E-state index contributed by atoms with van der Waals surface area (Å²) in [5.74, 6) is 0.835. The number of nitrogens with one attached hydrogen (secondary N) is 2. The number of anilines is 1. The van der Waals surface area contributed by atoms with Gasteiger partial charge in [-0.3, -0.25) is 0 Å². The molecule has 0 saturated carbocycles. The van der Waals surface area contributed by atoms with Gasteiger partial charge in [-0.15, -0.1) is 11.3 Å². The van der Waals surface area contributed by atoms with Gasteiger partial charge in [0.1, 0.15) is 22.4 Å². The molecule has 0 aliphatic carbocycles. The number of rotatable bonds is 6. The van der Waals surface area contributed by atoms with Gasteiger partial charge >= 0.3 is 0 Å². The Balaban J connectivity index is 1.28. The Kier molecular flexibility index (Phi) is 5.04. The van der Waals surface area contributed by atoms with Crippen LogP contribution in [0, 0.1) is 5.82 Å². The molecule has 0 bridgehead atoms. The summed E-state index contributed by atoms with van der Waals surface area (Å²) in [5.41, 5.74) is 1.57. The molecule has 11 heteroatoms. The van der Waals surface area contributed by atoms with E-state index in [0.717, 1.165) is 21.5 Å². The van der Waals surface area contributed by atoms with Crippen molar-refractivity contribution >= 4 is 44.8 Å². The summed E-state index contributed by atoms with van der Waals surface area (Å²) in [5, 5.41) is 17.8. The van der Waals surface area contributed by atoms with Crippen molar-refractivity contribution in [3.63, 3.8) is 0 Å². The van der Waals surface area contributed by atoms with E-state index in [1.807, 2.05) is 36.7 Å². The lowest BCUT2D eigenvalue weighted by molar-refractivity contribution is 0.379. The Morgan fingerprint density at radius 1 is 1.21 bits per heavy atom. The van der Waals surface area contributed by atoms with Gasteiger partial charge in [-0.05, 0) is 17.5 Å². The summed E-state index contributed by atoms with van der Waals surface area (Å²) in [6.45, 7) is 1.28. The van der Waals surface area contributed by atoms with E-state index in [1.54, 1.807) is 6.07 Å². The van der Waals surface area contributed by atoms with Crippen LogP contribution < -0.4 is 10.6 Å². The first-order valence-electron chi connectivity index (χ1n) is 10.5. The van der Waals surface area contributed by atoms with Crippen LogP contribution in [0.4, 0.5) is 10.3 Å². The minimum atomic E-state index is -0.505. The van der Waals surface area contributed by atoms with Gasteiger partial charge in [-0.2, -0.15) is 0 Å². The third kappa shape index (κ3) is 3.80. The Bertz CT molecular complexity index is 1490. The molecule has 170 valence electrons. The summed E-state index contributed by atoms with van der Waals surface area (Å²) in [4.78, 5) is 19.5. The zero-order valence-corrected chi connectivity index (χ0v) is 19.1. The maximum atomic E-state index is 14.7. The lowest BCUT2D eigenvalue weighted by atomic mass is 10.0. The Hall–Kier alpha value is -3.76. The number of thiophene rings is 1. The molecular weight excluding hydrogens is 477 g/mol. The summed E-state index contributed by atoms with van der Waals surface area (Å²) in [6.07, 6.45) is 6.39. The standard InChI is InChI=1S/C23H17ClFN7OS/c24-18-9-14(16(33)11-28-18)13-3-1-2-12-8-17(34-20(12)13)19-15(25)10-29-23(30-19)27-5-7-32-6-4-26-21-22(32)31-21/h1-4,6,8-11,22,33H,5,7H2,(H,26,31)(H,27,29,30). The smallest absolute Gasteiger partial charge is 0.223 e. The number of nitrogens with zero attached hydrogens (tertiary/aromatic N) is 5. The van der Waals surface area contributed by atoms with Crippen molar-refractivity contribution in [2.45, 2.75) is 6.17 Å². The molecule has 2 aliphatic heterocycles. The number of halogens is 2. The topological polar surface area (TPSA) is 98.6 Å². The SMILES string of the molecule is Oc1cnc(Cl)cc1-c1cccc2cc(-c3nc(NCCN4C=CNC5=NC54)ncc3F)sc12. The largest absolute Gasteiger partial charge is 0.506 e. The van der Waals surface area contributed by atoms with E-state index in [4.69, 9.17) is 11.6 Å². The highest BCUT2D eigenvalue weighted by atomic mass is 35.5. The lowest BCUT2D eigenvalue weighted by Gasteiger charge is -2.21. The van der Waals surface area contributed by atoms with Crippen molar-refractivity contribution in [2.24, 2.45) is 4.99 Å². The first-order valence-corrected chi connectivity index (χ1v) is 11.7. The van der Waals surface area contributed by atoms with Crippen LogP contribution in [0.2, 0.25) is 5.15 Å². The number of aliphatic imine (C=N–C) groups is 1. The van der Waals surface area contributed by atoms with Gasteiger partial charge < -0.3 is 20.6 Å². The molecule has 34 heavy (non-hydrogen) atoms. The maximum absolute atomic E-state index is 14.7. The molecule has 0 spiro atoms. The van der Waals surface area contributed by atoms with Crippen molar-refractivity contribution in [1.29, 1.82) is 0 Å². The van der Waals surface area contributed by atoms with Crippen molar-refractivity contribution in [1.82, 2.24) is 25.2 Å². The van der Waals surface area contributed by atoms with E-state index >= 15 is 0 Å². The molecule has 3 aromatic heterocycles. The molecule has 8 nitrogen and oxygen atoms in total. The molecule has 1 unspecified atom stereocenters. The number of aromatic nitrogens is 3. The highest BCUT2D eigenvalue weighted by Crippen LogP contribution is 2.42. The predicted octanol–water partition coefficient (Wildman–Crippen LogP) is 4.44. The highest BCUT2D eigenvalue weighted by molar-refractivity contribution is 7.22. The zero-order valence-electron chi connectivity index (χ0n) is 17.5. The molecule has 0 amide bonds. The van der Waals surface area contributed by atoms with Crippen LogP contribution in [0.5, 0.6) is 5.75 Å². The molecule has 1 atom stereocenters. The van der Waals surface area contributed by atoms with E-state index in [-0.39, 0.29) is 22.8 Å². The average Bonchev–Trinajstić information content (AvgIpc) is 3.51. The lowest BCUT2D eigenvalue weighted by Crippen LogP contribution is -2.36. The van der Waals surface area contributed by atoms with Gasteiger partial charge in [0.15, 0.2) is 12.0 Å². The van der Waals surface area contributed by atoms with E-state index in [9.17, 15) is 9.50 Å². The normalized spacial score (nSPS) is 16.2. The van der Waals surface area contributed by atoms with Crippen LogP contribution in [-0.2, 0) is 0 Å². The summed E-state index contributed by atoms with van der Waals surface area (Å²) >= 11 is 7.44.